The maximum atomic E-state index is 12.0. The van der Waals surface area contributed by atoms with Crippen LogP contribution in [0.1, 0.15) is 47.2 Å². The van der Waals surface area contributed by atoms with Crippen LogP contribution in [0.25, 0.3) is 0 Å². The molecule has 86 valence electrons. The van der Waals surface area contributed by atoms with E-state index in [0.29, 0.717) is 6.42 Å². The highest BCUT2D eigenvalue weighted by molar-refractivity contribution is 5.97. The van der Waals surface area contributed by atoms with Gasteiger partial charge in [-0.2, -0.15) is 0 Å². The Balaban J connectivity index is 2.11. The lowest BCUT2D eigenvalue weighted by molar-refractivity contribution is 0.0912. The van der Waals surface area contributed by atoms with Gasteiger partial charge in [0.15, 0.2) is 5.78 Å². The Kier molecular flexibility index (Phi) is 2.85. The van der Waals surface area contributed by atoms with Crippen LogP contribution in [-0.4, -0.2) is 11.3 Å². The number of carbonyl (C=O) groups is 1. The van der Waals surface area contributed by atoms with Gasteiger partial charge in [-0.25, -0.2) is 0 Å². The number of hydrogen-bond donors (Lipinski definition) is 1. The van der Waals surface area contributed by atoms with E-state index in [1.165, 1.54) is 11.1 Å². The van der Waals surface area contributed by atoms with Crippen molar-refractivity contribution in [3.63, 3.8) is 0 Å². The molecule has 0 spiro atoms. The van der Waals surface area contributed by atoms with Crippen molar-refractivity contribution in [2.75, 3.05) is 0 Å². The molecule has 2 nitrogen and oxygen atoms in total. The molecule has 16 heavy (non-hydrogen) atoms. The standard InChI is InChI=1S/C14H19NO/c1-10-4-5-12(8-11(10)2)13(16)9-14(15)6-3-7-14/h4-5,8H,3,6-7,9,15H2,1-2H3. The van der Waals surface area contributed by atoms with Gasteiger partial charge >= 0.3 is 0 Å². The summed E-state index contributed by atoms with van der Waals surface area (Å²) in [5.41, 5.74) is 9.08. The van der Waals surface area contributed by atoms with Crippen molar-refractivity contribution < 1.29 is 4.79 Å². The molecule has 2 N–H and O–H groups in total. The maximum Gasteiger partial charge on any atom is 0.164 e. The molecule has 0 amide bonds. The fourth-order valence-electron chi connectivity index (χ4n) is 2.14. The van der Waals surface area contributed by atoms with Gasteiger partial charge in [-0.3, -0.25) is 4.79 Å². The van der Waals surface area contributed by atoms with Crippen LogP contribution in [-0.2, 0) is 0 Å². The van der Waals surface area contributed by atoms with Gasteiger partial charge in [0.25, 0.3) is 0 Å². The second-order valence-corrected chi connectivity index (χ2v) is 5.11. The SMILES string of the molecule is Cc1ccc(C(=O)CC2(N)CCC2)cc1C. The van der Waals surface area contributed by atoms with Crippen LogP contribution in [0.2, 0.25) is 0 Å². The molecule has 0 heterocycles. The molecule has 1 saturated carbocycles. The van der Waals surface area contributed by atoms with Crippen LogP contribution in [0.5, 0.6) is 0 Å². The van der Waals surface area contributed by atoms with Crippen molar-refractivity contribution in [2.24, 2.45) is 5.73 Å². The number of benzene rings is 1. The van der Waals surface area contributed by atoms with E-state index >= 15 is 0 Å². The van der Waals surface area contributed by atoms with Crippen molar-refractivity contribution in [1.29, 1.82) is 0 Å². The number of Topliss-reactive ketones (excluding diaryl/α,β-unsaturated/α-hetero) is 1. The van der Waals surface area contributed by atoms with Crippen molar-refractivity contribution in [3.05, 3.63) is 34.9 Å². The Hall–Kier alpha value is -1.15. The van der Waals surface area contributed by atoms with Gasteiger partial charge in [-0.1, -0.05) is 12.1 Å². The van der Waals surface area contributed by atoms with E-state index in [4.69, 9.17) is 5.73 Å². The van der Waals surface area contributed by atoms with E-state index in [-0.39, 0.29) is 11.3 Å². The third kappa shape index (κ3) is 2.17. The molecule has 0 bridgehead atoms. The molecule has 2 rings (SSSR count). The van der Waals surface area contributed by atoms with Crippen molar-refractivity contribution in [1.82, 2.24) is 0 Å². The second-order valence-electron chi connectivity index (χ2n) is 5.11. The van der Waals surface area contributed by atoms with Crippen molar-refractivity contribution in [2.45, 2.75) is 45.1 Å². The summed E-state index contributed by atoms with van der Waals surface area (Å²) in [6.07, 6.45) is 3.64. The van der Waals surface area contributed by atoms with Gasteiger partial charge in [0.05, 0.1) is 0 Å². The highest BCUT2D eigenvalue weighted by Crippen LogP contribution is 2.33. The molecule has 1 aromatic carbocycles. The van der Waals surface area contributed by atoms with Gasteiger partial charge in [-0.15, -0.1) is 0 Å². The first-order valence-corrected chi connectivity index (χ1v) is 5.90. The number of rotatable bonds is 3. The molecule has 1 aliphatic carbocycles. The molecule has 0 unspecified atom stereocenters. The van der Waals surface area contributed by atoms with Gasteiger partial charge < -0.3 is 5.73 Å². The van der Waals surface area contributed by atoms with E-state index in [0.717, 1.165) is 24.8 Å². The highest BCUT2D eigenvalue weighted by Gasteiger charge is 2.34. The molecular weight excluding hydrogens is 198 g/mol. The molecule has 0 atom stereocenters. The predicted molar refractivity (Wildman–Crippen MR) is 65.6 cm³/mol. The Labute approximate surface area is 96.8 Å². The van der Waals surface area contributed by atoms with Crippen LogP contribution in [0.15, 0.2) is 18.2 Å². The predicted octanol–water partition coefficient (Wildman–Crippen LogP) is 2.76. The summed E-state index contributed by atoms with van der Waals surface area (Å²) in [4.78, 5) is 12.0. The van der Waals surface area contributed by atoms with Crippen LogP contribution >= 0.6 is 0 Å². The summed E-state index contributed by atoms with van der Waals surface area (Å²) in [6, 6.07) is 5.89. The zero-order valence-corrected chi connectivity index (χ0v) is 10.0. The Morgan fingerprint density at radius 2 is 2.00 bits per heavy atom. The van der Waals surface area contributed by atoms with Gasteiger partial charge in [-0.05, 0) is 50.3 Å². The molecule has 0 aromatic heterocycles. The zero-order chi connectivity index (χ0) is 11.8. The van der Waals surface area contributed by atoms with Crippen LogP contribution < -0.4 is 5.73 Å². The summed E-state index contributed by atoms with van der Waals surface area (Å²) in [5.74, 6) is 0.185. The zero-order valence-electron chi connectivity index (χ0n) is 10.0. The number of ketones is 1. The van der Waals surface area contributed by atoms with Gasteiger partial charge in [0, 0.05) is 17.5 Å². The van der Waals surface area contributed by atoms with Crippen LogP contribution in [0.4, 0.5) is 0 Å². The molecule has 2 heteroatoms. The molecule has 0 radical (unpaired) electrons. The Morgan fingerprint density at radius 1 is 1.31 bits per heavy atom. The summed E-state index contributed by atoms with van der Waals surface area (Å²) in [6.45, 7) is 4.09. The summed E-state index contributed by atoms with van der Waals surface area (Å²) < 4.78 is 0. The Bertz CT molecular complexity index is 419. The molecule has 0 aliphatic heterocycles. The highest BCUT2D eigenvalue weighted by atomic mass is 16.1. The first-order valence-electron chi connectivity index (χ1n) is 5.90. The number of carbonyl (C=O) groups excluding carboxylic acids is 1. The molecule has 1 fully saturated rings. The first-order chi connectivity index (χ1) is 7.50. The van der Waals surface area contributed by atoms with Crippen molar-refractivity contribution in [3.8, 4) is 0 Å². The fourth-order valence-corrected chi connectivity index (χ4v) is 2.14. The summed E-state index contributed by atoms with van der Waals surface area (Å²) >= 11 is 0. The minimum absolute atomic E-state index is 0.185. The largest absolute Gasteiger partial charge is 0.325 e. The molecule has 0 saturated heterocycles. The van der Waals surface area contributed by atoms with Crippen LogP contribution in [0.3, 0.4) is 0 Å². The minimum Gasteiger partial charge on any atom is -0.325 e. The quantitative estimate of drug-likeness (QED) is 0.791. The topological polar surface area (TPSA) is 43.1 Å². The van der Waals surface area contributed by atoms with Gasteiger partial charge in [0.1, 0.15) is 0 Å². The third-order valence-corrected chi connectivity index (χ3v) is 3.69. The first kappa shape index (κ1) is 11.3. The number of hydrogen-bond acceptors (Lipinski definition) is 2. The molecule has 1 aromatic rings. The lowest BCUT2D eigenvalue weighted by Crippen LogP contribution is -2.48. The average molecular weight is 217 g/mol. The van der Waals surface area contributed by atoms with Crippen molar-refractivity contribution >= 4 is 5.78 Å². The van der Waals surface area contributed by atoms with E-state index in [2.05, 4.69) is 6.92 Å². The lowest BCUT2D eigenvalue weighted by atomic mass is 9.73. The summed E-state index contributed by atoms with van der Waals surface area (Å²) in [5, 5.41) is 0. The normalized spacial score (nSPS) is 17.9. The molecule has 1 aliphatic rings. The van der Waals surface area contributed by atoms with E-state index < -0.39 is 0 Å². The van der Waals surface area contributed by atoms with E-state index in [1.54, 1.807) is 0 Å². The van der Waals surface area contributed by atoms with Gasteiger partial charge in [0.2, 0.25) is 0 Å². The maximum absolute atomic E-state index is 12.0. The van der Waals surface area contributed by atoms with E-state index in [1.807, 2.05) is 25.1 Å². The summed E-state index contributed by atoms with van der Waals surface area (Å²) in [7, 11) is 0. The fraction of sp³-hybridized carbons (Fsp3) is 0.500. The smallest absolute Gasteiger partial charge is 0.164 e. The van der Waals surface area contributed by atoms with Crippen LogP contribution in [0, 0.1) is 13.8 Å². The number of nitrogens with two attached hydrogens (primary N) is 1. The average Bonchev–Trinajstić information content (AvgIpc) is 2.19. The minimum atomic E-state index is -0.212. The number of aryl methyl sites for hydroxylation is 2. The van der Waals surface area contributed by atoms with E-state index in [9.17, 15) is 4.79 Å². The lowest BCUT2D eigenvalue weighted by Gasteiger charge is -2.37. The Morgan fingerprint density at radius 3 is 2.50 bits per heavy atom. The third-order valence-electron chi connectivity index (χ3n) is 3.69. The molecular formula is C14H19NO. The second kappa shape index (κ2) is 4.02. The monoisotopic (exact) mass is 217 g/mol.